The van der Waals surface area contributed by atoms with E-state index in [4.69, 9.17) is 4.98 Å². The standard InChI is InChI=1S/C26H37BN2Si/c1-9-27(10-2)23-15-12-11-14-22(23)24-16-13-17-25(28-24)29-26(30(7)8)20(5)18(3)19(4)21(26)6/h11-17,30H,9-10H2,1-8H3,(H,28,29). The minimum absolute atomic E-state index is 0.0331. The van der Waals surface area contributed by atoms with E-state index in [-0.39, 0.29) is 5.16 Å². The molecule has 0 spiro atoms. The van der Waals surface area contributed by atoms with Gasteiger partial charge in [0.25, 0.3) is 0 Å². The molecule has 3 rings (SSSR count). The van der Waals surface area contributed by atoms with Crippen LogP contribution < -0.4 is 10.8 Å². The topological polar surface area (TPSA) is 24.9 Å². The third-order valence-electron chi connectivity index (χ3n) is 7.47. The number of hydrogen-bond donors (Lipinski definition) is 1. The van der Waals surface area contributed by atoms with Crippen molar-refractivity contribution in [1.29, 1.82) is 0 Å². The van der Waals surface area contributed by atoms with Crippen molar-refractivity contribution in [3.8, 4) is 11.3 Å². The molecule has 1 heterocycles. The Bertz CT molecular complexity index is 962. The van der Waals surface area contributed by atoms with Crippen molar-refractivity contribution in [3.05, 3.63) is 64.8 Å². The molecule has 2 nitrogen and oxygen atoms in total. The van der Waals surface area contributed by atoms with Gasteiger partial charge in [-0.15, -0.1) is 0 Å². The van der Waals surface area contributed by atoms with Crippen LogP contribution in [0.4, 0.5) is 5.82 Å². The Labute approximate surface area is 185 Å². The van der Waals surface area contributed by atoms with E-state index in [1.54, 1.807) is 0 Å². The fourth-order valence-electron chi connectivity index (χ4n) is 5.30. The molecule has 0 fully saturated rings. The minimum atomic E-state index is -1.11. The molecular formula is C26H37BN2Si. The van der Waals surface area contributed by atoms with Crippen LogP contribution in [0.3, 0.4) is 0 Å². The molecule has 0 aliphatic heterocycles. The van der Waals surface area contributed by atoms with Gasteiger partial charge >= 0.3 is 0 Å². The Kier molecular flexibility index (Phi) is 6.76. The van der Waals surface area contributed by atoms with E-state index in [0.717, 1.165) is 24.2 Å². The number of anilines is 1. The quantitative estimate of drug-likeness (QED) is 0.532. The van der Waals surface area contributed by atoms with E-state index in [1.165, 1.54) is 33.3 Å². The zero-order valence-electron chi connectivity index (χ0n) is 20.1. The van der Waals surface area contributed by atoms with Crippen LogP contribution in [0.2, 0.25) is 25.7 Å². The van der Waals surface area contributed by atoms with Gasteiger partial charge in [-0.25, -0.2) is 4.98 Å². The van der Waals surface area contributed by atoms with Crippen molar-refractivity contribution >= 4 is 26.8 Å². The highest BCUT2D eigenvalue weighted by Crippen LogP contribution is 2.43. The van der Waals surface area contributed by atoms with Gasteiger partial charge in [0.1, 0.15) is 5.82 Å². The van der Waals surface area contributed by atoms with Crippen LogP contribution in [0.1, 0.15) is 41.5 Å². The fourth-order valence-corrected chi connectivity index (χ4v) is 7.91. The van der Waals surface area contributed by atoms with E-state index in [9.17, 15) is 0 Å². The molecule has 1 aromatic carbocycles. The van der Waals surface area contributed by atoms with Crippen molar-refractivity contribution in [1.82, 2.24) is 4.98 Å². The Morgan fingerprint density at radius 3 is 2.03 bits per heavy atom. The SMILES string of the molecule is CCB(CC)c1ccccc1-c1cccc(NC2([SiH](C)C)C(C)=C(C)C(C)=C2C)n1. The van der Waals surface area contributed by atoms with Crippen molar-refractivity contribution in [2.45, 2.75) is 72.4 Å². The van der Waals surface area contributed by atoms with E-state index in [2.05, 4.69) is 102 Å². The molecule has 0 saturated carbocycles. The molecule has 1 N–H and O–H groups in total. The highest BCUT2D eigenvalue weighted by molar-refractivity contribution is 6.74. The average Bonchev–Trinajstić information content (AvgIpc) is 2.91. The first-order valence-electron chi connectivity index (χ1n) is 11.5. The van der Waals surface area contributed by atoms with Crippen LogP contribution in [-0.2, 0) is 0 Å². The highest BCUT2D eigenvalue weighted by atomic mass is 28.3. The van der Waals surface area contributed by atoms with Crippen LogP contribution in [-0.4, -0.2) is 25.7 Å². The number of nitrogens with one attached hydrogen (secondary N) is 1. The summed E-state index contributed by atoms with van der Waals surface area (Å²) in [6.45, 7) is 19.2. The molecule has 0 bridgehead atoms. The number of allylic oxidation sites excluding steroid dienone is 2. The first kappa shape index (κ1) is 22.6. The van der Waals surface area contributed by atoms with Gasteiger partial charge in [-0.3, -0.25) is 0 Å². The first-order valence-corrected chi connectivity index (χ1v) is 14.4. The molecule has 0 atom stereocenters. The number of hydrogen-bond acceptors (Lipinski definition) is 2. The molecule has 0 amide bonds. The zero-order chi connectivity index (χ0) is 22.1. The average molecular weight is 416 g/mol. The summed E-state index contributed by atoms with van der Waals surface area (Å²) in [7, 11) is -1.11. The number of pyridine rings is 1. The molecule has 0 radical (unpaired) electrons. The van der Waals surface area contributed by atoms with Gasteiger partial charge in [-0.05, 0) is 67.7 Å². The second-order valence-corrected chi connectivity index (χ2v) is 12.3. The third kappa shape index (κ3) is 3.71. The summed E-state index contributed by atoms with van der Waals surface area (Å²) in [6, 6.07) is 15.2. The van der Waals surface area contributed by atoms with Gasteiger partial charge in [-0.2, -0.15) is 0 Å². The lowest BCUT2D eigenvalue weighted by molar-refractivity contribution is 0.842. The molecule has 0 saturated heterocycles. The van der Waals surface area contributed by atoms with Crippen LogP contribution in [0.5, 0.6) is 0 Å². The van der Waals surface area contributed by atoms with Crippen LogP contribution in [0, 0.1) is 0 Å². The molecular weight excluding hydrogens is 379 g/mol. The first-order chi connectivity index (χ1) is 14.3. The number of rotatable bonds is 7. The van der Waals surface area contributed by atoms with E-state index >= 15 is 0 Å². The summed E-state index contributed by atoms with van der Waals surface area (Å²) < 4.78 is 0. The second kappa shape index (κ2) is 8.97. The van der Waals surface area contributed by atoms with Gasteiger partial charge in [0.2, 0.25) is 0 Å². The lowest BCUT2D eigenvalue weighted by atomic mass is 9.40. The lowest BCUT2D eigenvalue weighted by Crippen LogP contribution is -2.50. The number of aromatic nitrogens is 1. The molecule has 0 unspecified atom stereocenters. The fraction of sp³-hybridized carbons (Fsp3) is 0.423. The molecule has 1 aromatic heterocycles. The predicted molar refractivity (Wildman–Crippen MR) is 138 cm³/mol. The molecule has 158 valence electrons. The van der Waals surface area contributed by atoms with Gasteiger partial charge < -0.3 is 5.32 Å². The van der Waals surface area contributed by atoms with E-state index < -0.39 is 8.80 Å². The largest absolute Gasteiger partial charge is 0.360 e. The predicted octanol–water partition coefficient (Wildman–Crippen LogP) is 6.35. The summed E-state index contributed by atoms with van der Waals surface area (Å²) in [5, 5.41) is 3.90. The maximum Gasteiger partial charge on any atom is 0.176 e. The van der Waals surface area contributed by atoms with Crippen molar-refractivity contribution in [2.24, 2.45) is 0 Å². The van der Waals surface area contributed by atoms with Gasteiger partial charge in [0, 0.05) is 0 Å². The lowest BCUT2D eigenvalue weighted by Gasteiger charge is -2.39. The van der Waals surface area contributed by atoms with Crippen molar-refractivity contribution in [3.63, 3.8) is 0 Å². The normalized spacial score (nSPS) is 15.9. The Balaban J connectivity index is 2.06. The zero-order valence-corrected chi connectivity index (χ0v) is 21.2. The molecule has 1 aliphatic rings. The van der Waals surface area contributed by atoms with Gasteiger partial charge in [0.15, 0.2) is 6.71 Å². The maximum atomic E-state index is 5.13. The Hall–Kier alpha value is -2.07. The molecule has 2 aromatic rings. The summed E-state index contributed by atoms with van der Waals surface area (Å²) in [6.07, 6.45) is 2.31. The molecule has 4 heteroatoms. The van der Waals surface area contributed by atoms with E-state index in [0.29, 0.717) is 6.71 Å². The van der Waals surface area contributed by atoms with Crippen molar-refractivity contribution < 1.29 is 0 Å². The van der Waals surface area contributed by atoms with Crippen LogP contribution in [0.25, 0.3) is 11.3 Å². The van der Waals surface area contributed by atoms with Crippen LogP contribution in [0.15, 0.2) is 64.8 Å². The smallest absolute Gasteiger partial charge is 0.176 e. The van der Waals surface area contributed by atoms with Gasteiger partial charge in [-0.1, -0.05) is 75.4 Å². The molecule has 30 heavy (non-hydrogen) atoms. The summed E-state index contributed by atoms with van der Waals surface area (Å²) in [5.41, 5.74) is 9.59. The maximum absolute atomic E-state index is 5.13. The van der Waals surface area contributed by atoms with Crippen molar-refractivity contribution in [2.75, 3.05) is 5.32 Å². The number of nitrogens with zero attached hydrogens (tertiary/aromatic N) is 1. The van der Waals surface area contributed by atoms with Gasteiger partial charge in [0.05, 0.1) is 19.7 Å². The van der Waals surface area contributed by atoms with Crippen LogP contribution >= 0.6 is 0 Å². The second-order valence-electron chi connectivity index (χ2n) is 9.10. The minimum Gasteiger partial charge on any atom is -0.360 e. The monoisotopic (exact) mass is 416 g/mol. The number of benzene rings is 1. The summed E-state index contributed by atoms with van der Waals surface area (Å²) >= 11 is 0. The summed E-state index contributed by atoms with van der Waals surface area (Å²) in [5.74, 6) is 0.981. The Morgan fingerprint density at radius 2 is 1.47 bits per heavy atom. The summed E-state index contributed by atoms with van der Waals surface area (Å²) in [4.78, 5) is 5.13. The third-order valence-corrected chi connectivity index (χ3v) is 10.2. The molecule has 1 aliphatic carbocycles. The highest BCUT2D eigenvalue weighted by Gasteiger charge is 2.43. The van der Waals surface area contributed by atoms with E-state index in [1.807, 2.05) is 0 Å². The Morgan fingerprint density at radius 1 is 0.867 bits per heavy atom.